The standard InChI is InChI=1S/C26H21IN2O5/c1-2-31-21-7-5-20(6-8-21)29-26(30)19(14-28)11-17-3-9-23(22(27)12-17)32-15-18-4-10-24-25(13-18)34-16-33-24/h3-13H,2,15-16H2,1H3,(H,29,30)/b19-11-. The van der Waals surface area contributed by atoms with Crippen molar-refractivity contribution >= 4 is 40.3 Å². The summed E-state index contributed by atoms with van der Waals surface area (Å²) in [6.45, 7) is 3.07. The molecule has 3 aromatic rings. The number of benzene rings is 3. The van der Waals surface area contributed by atoms with Gasteiger partial charge < -0.3 is 24.3 Å². The van der Waals surface area contributed by atoms with E-state index >= 15 is 0 Å². The van der Waals surface area contributed by atoms with Crippen molar-refractivity contribution in [3.8, 4) is 29.1 Å². The lowest BCUT2D eigenvalue weighted by atomic mass is 10.1. The summed E-state index contributed by atoms with van der Waals surface area (Å²) in [7, 11) is 0. The molecule has 1 N–H and O–H groups in total. The average Bonchev–Trinajstić information content (AvgIpc) is 3.31. The van der Waals surface area contributed by atoms with E-state index in [0.717, 1.165) is 20.4 Å². The number of hydrogen-bond acceptors (Lipinski definition) is 6. The van der Waals surface area contributed by atoms with Gasteiger partial charge in [0.2, 0.25) is 6.79 Å². The van der Waals surface area contributed by atoms with Crippen LogP contribution < -0.4 is 24.3 Å². The summed E-state index contributed by atoms with van der Waals surface area (Å²) in [6.07, 6.45) is 1.55. The molecule has 0 radical (unpaired) electrons. The normalized spacial score (nSPS) is 12.1. The number of rotatable bonds is 8. The number of nitrogens with zero attached hydrogens (tertiary/aromatic N) is 1. The molecule has 0 saturated heterocycles. The molecule has 0 aliphatic carbocycles. The van der Waals surface area contributed by atoms with Crippen LogP contribution in [0.2, 0.25) is 0 Å². The second kappa shape index (κ2) is 10.9. The number of ether oxygens (including phenoxy) is 4. The van der Waals surface area contributed by atoms with Gasteiger partial charge in [-0.05, 0) is 95.2 Å². The molecule has 34 heavy (non-hydrogen) atoms. The van der Waals surface area contributed by atoms with E-state index in [9.17, 15) is 10.1 Å². The zero-order valence-corrected chi connectivity index (χ0v) is 20.5. The highest BCUT2D eigenvalue weighted by Gasteiger charge is 2.14. The molecule has 8 heteroatoms. The Morgan fingerprint density at radius 3 is 2.62 bits per heavy atom. The third-order valence-electron chi connectivity index (χ3n) is 4.89. The minimum atomic E-state index is -0.482. The molecule has 3 aromatic carbocycles. The number of halogens is 1. The summed E-state index contributed by atoms with van der Waals surface area (Å²) in [4.78, 5) is 12.6. The highest BCUT2D eigenvalue weighted by atomic mass is 127. The van der Waals surface area contributed by atoms with E-state index in [4.69, 9.17) is 18.9 Å². The van der Waals surface area contributed by atoms with Gasteiger partial charge in [0.25, 0.3) is 5.91 Å². The maximum atomic E-state index is 12.6. The lowest BCUT2D eigenvalue weighted by molar-refractivity contribution is -0.112. The zero-order chi connectivity index (χ0) is 23.9. The SMILES string of the molecule is CCOc1ccc(NC(=O)/C(C#N)=C\c2ccc(OCc3ccc4c(c3)OCO4)c(I)c2)cc1. The highest BCUT2D eigenvalue weighted by molar-refractivity contribution is 14.1. The van der Waals surface area contributed by atoms with E-state index in [-0.39, 0.29) is 12.4 Å². The van der Waals surface area contributed by atoms with Crippen LogP contribution in [0, 0.1) is 14.9 Å². The van der Waals surface area contributed by atoms with E-state index in [2.05, 4.69) is 27.9 Å². The Balaban J connectivity index is 1.40. The molecule has 0 aromatic heterocycles. The molecule has 0 atom stereocenters. The molecule has 172 valence electrons. The van der Waals surface area contributed by atoms with Gasteiger partial charge >= 0.3 is 0 Å². The molecule has 0 spiro atoms. The average molecular weight is 568 g/mol. The fraction of sp³-hybridized carbons (Fsp3) is 0.154. The molecular weight excluding hydrogens is 547 g/mol. The van der Waals surface area contributed by atoms with Crippen molar-refractivity contribution < 1.29 is 23.7 Å². The van der Waals surface area contributed by atoms with Gasteiger partial charge in [-0.2, -0.15) is 5.26 Å². The predicted molar refractivity (Wildman–Crippen MR) is 136 cm³/mol. The van der Waals surface area contributed by atoms with E-state index in [1.54, 1.807) is 36.4 Å². The van der Waals surface area contributed by atoms with Crippen molar-refractivity contribution in [3.63, 3.8) is 0 Å². The lowest BCUT2D eigenvalue weighted by Gasteiger charge is -2.10. The van der Waals surface area contributed by atoms with E-state index in [1.165, 1.54) is 0 Å². The maximum absolute atomic E-state index is 12.6. The number of fused-ring (bicyclic) bond motifs is 1. The fourth-order valence-electron chi connectivity index (χ4n) is 3.23. The third kappa shape index (κ3) is 5.80. The summed E-state index contributed by atoms with van der Waals surface area (Å²) >= 11 is 2.17. The highest BCUT2D eigenvalue weighted by Crippen LogP contribution is 2.33. The minimum Gasteiger partial charge on any atom is -0.494 e. The first-order chi connectivity index (χ1) is 16.6. The van der Waals surface area contributed by atoms with Gasteiger partial charge in [0.15, 0.2) is 11.5 Å². The predicted octanol–water partition coefficient (Wildman–Crippen LogP) is 5.54. The fourth-order valence-corrected chi connectivity index (χ4v) is 3.93. The van der Waals surface area contributed by atoms with Crippen LogP contribution in [-0.4, -0.2) is 19.3 Å². The first kappa shape index (κ1) is 23.4. The Kier molecular flexibility index (Phi) is 7.54. The molecule has 1 aliphatic heterocycles. The Morgan fingerprint density at radius 1 is 1.09 bits per heavy atom. The Labute approximate surface area is 211 Å². The van der Waals surface area contributed by atoms with Gasteiger partial charge in [-0.15, -0.1) is 0 Å². The minimum absolute atomic E-state index is 0.00119. The van der Waals surface area contributed by atoms with Crippen LogP contribution in [0.25, 0.3) is 6.08 Å². The van der Waals surface area contributed by atoms with Crippen LogP contribution in [0.3, 0.4) is 0 Å². The molecule has 4 rings (SSSR count). The topological polar surface area (TPSA) is 89.8 Å². The van der Waals surface area contributed by atoms with Gasteiger partial charge in [0.1, 0.15) is 29.7 Å². The van der Waals surface area contributed by atoms with E-state index in [1.807, 2.05) is 43.3 Å². The van der Waals surface area contributed by atoms with Gasteiger partial charge in [0.05, 0.1) is 10.2 Å². The Hall–Kier alpha value is -3.71. The van der Waals surface area contributed by atoms with Crippen LogP contribution in [-0.2, 0) is 11.4 Å². The lowest BCUT2D eigenvalue weighted by Crippen LogP contribution is -2.13. The zero-order valence-electron chi connectivity index (χ0n) is 18.3. The molecule has 0 fully saturated rings. The van der Waals surface area contributed by atoms with E-state index in [0.29, 0.717) is 36.1 Å². The number of nitrogens with one attached hydrogen (secondary N) is 1. The van der Waals surface area contributed by atoms with Crippen molar-refractivity contribution in [3.05, 3.63) is 80.9 Å². The van der Waals surface area contributed by atoms with Crippen LogP contribution >= 0.6 is 22.6 Å². The second-order valence-electron chi connectivity index (χ2n) is 7.25. The van der Waals surface area contributed by atoms with Gasteiger partial charge in [-0.1, -0.05) is 12.1 Å². The number of hydrogen-bond donors (Lipinski definition) is 1. The van der Waals surface area contributed by atoms with Crippen molar-refractivity contribution in [2.24, 2.45) is 0 Å². The molecule has 1 amide bonds. The molecule has 0 bridgehead atoms. The molecule has 1 aliphatic rings. The summed E-state index contributed by atoms with van der Waals surface area (Å²) in [5.74, 6) is 2.38. The van der Waals surface area contributed by atoms with Gasteiger partial charge in [0, 0.05) is 5.69 Å². The smallest absolute Gasteiger partial charge is 0.266 e. The number of nitriles is 1. The van der Waals surface area contributed by atoms with E-state index < -0.39 is 5.91 Å². The van der Waals surface area contributed by atoms with Crippen molar-refractivity contribution in [2.75, 3.05) is 18.7 Å². The molecule has 1 heterocycles. The van der Waals surface area contributed by atoms with Gasteiger partial charge in [-0.25, -0.2) is 0 Å². The van der Waals surface area contributed by atoms with Crippen LogP contribution in [0.1, 0.15) is 18.1 Å². The molecular formula is C26H21IN2O5. The van der Waals surface area contributed by atoms with Crippen LogP contribution in [0.15, 0.2) is 66.2 Å². The second-order valence-corrected chi connectivity index (χ2v) is 8.41. The number of carbonyl (C=O) groups is 1. The summed E-state index contributed by atoms with van der Waals surface area (Å²) < 4.78 is 22.9. The number of amides is 1. The van der Waals surface area contributed by atoms with Crippen molar-refractivity contribution in [2.45, 2.75) is 13.5 Å². The van der Waals surface area contributed by atoms with Gasteiger partial charge in [-0.3, -0.25) is 4.79 Å². The largest absolute Gasteiger partial charge is 0.494 e. The van der Waals surface area contributed by atoms with Crippen molar-refractivity contribution in [1.29, 1.82) is 5.26 Å². The first-order valence-electron chi connectivity index (χ1n) is 10.5. The van der Waals surface area contributed by atoms with Crippen molar-refractivity contribution in [1.82, 2.24) is 0 Å². The summed E-state index contributed by atoms with van der Waals surface area (Å²) in [5, 5.41) is 12.2. The Bertz CT molecular complexity index is 1270. The maximum Gasteiger partial charge on any atom is 0.266 e. The molecule has 7 nitrogen and oxygen atoms in total. The molecule has 0 unspecified atom stereocenters. The number of anilines is 1. The first-order valence-corrected chi connectivity index (χ1v) is 11.6. The van der Waals surface area contributed by atoms with Crippen LogP contribution in [0.4, 0.5) is 5.69 Å². The molecule has 0 saturated carbocycles. The van der Waals surface area contributed by atoms with Crippen LogP contribution in [0.5, 0.6) is 23.0 Å². The quantitative estimate of drug-likeness (QED) is 0.218. The summed E-state index contributed by atoms with van der Waals surface area (Å²) in [6, 6.07) is 20.1. The summed E-state index contributed by atoms with van der Waals surface area (Å²) in [5.41, 5.74) is 2.26. The number of carbonyl (C=O) groups excluding carboxylic acids is 1. The monoisotopic (exact) mass is 568 g/mol. The Morgan fingerprint density at radius 2 is 1.88 bits per heavy atom. The third-order valence-corrected chi connectivity index (χ3v) is 5.73.